The van der Waals surface area contributed by atoms with Gasteiger partial charge in [0, 0.05) is 25.4 Å². The number of nitrogens with one attached hydrogen (secondary N) is 1. The van der Waals surface area contributed by atoms with Crippen LogP contribution >= 0.6 is 0 Å². The lowest BCUT2D eigenvalue weighted by atomic mass is 10.3. The summed E-state index contributed by atoms with van der Waals surface area (Å²) in [6.07, 6.45) is 4.02. The number of aromatic nitrogens is 1. The van der Waals surface area contributed by atoms with Crippen LogP contribution in [0, 0.1) is 0 Å². The van der Waals surface area contributed by atoms with Crippen LogP contribution in [0.25, 0.3) is 0 Å². The number of hydrogen-bond acceptors (Lipinski definition) is 3. The SMILES string of the molecule is CC(=O)CCNc1cccnc1. The number of pyridine rings is 1. The van der Waals surface area contributed by atoms with E-state index in [9.17, 15) is 4.79 Å². The van der Waals surface area contributed by atoms with Gasteiger partial charge in [0.2, 0.25) is 0 Å². The Morgan fingerprint density at radius 3 is 3.08 bits per heavy atom. The lowest BCUT2D eigenvalue weighted by Crippen LogP contribution is -2.05. The molecule has 0 aliphatic carbocycles. The van der Waals surface area contributed by atoms with Crippen molar-refractivity contribution in [3.05, 3.63) is 24.5 Å². The topological polar surface area (TPSA) is 42.0 Å². The fourth-order valence-corrected chi connectivity index (χ4v) is 0.850. The average Bonchev–Trinajstić information content (AvgIpc) is 2.05. The van der Waals surface area contributed by atoms with Gasteiger partial charge in [-0.15, -0.1) is 0 Å². The maximum Gasteiger partial charge on any atom is 0.131 e. The van der Waals surface area contributed by atoms with E-state index >= 15 is 0 Å². The standard InChI is InChI=1S/C9H12N2O/c1-8(12)4-6-11-9-3-2-5-10-7-9/h2-3,5,7,11H,4,6H2,1H3. The van der Waals surface area contributed by atoms with Crippen LogP contribution in [0.4, 0.5) is 5.69 Å². The zero-order valence-corrected chi connectivity index (χ0v) is 7.08. The molecule has 0 amide bonds. The normalized spacial score (nSPS) is 9.42. The number of hydrogen-bond donors (Lipinski definition) is 1. The molecule has 0 bridgehead atoms. The molecule has 12 heavy (non-hydrogen) atoms. The summed E-state index contributed by atoms with van der Waals surface area (Å²) in [7, 11) is 0. The van der Waals surface area contributed by atoms with Crippen molar-refractivity contribution in [1.29, 1.82) is 0 Å². The van der Waals surface area contributed by atoms with Crippen molar-refractivity contribution in [2.45, 2.75) is 13.3 Å². The van der Waals surface area contributed by atoms with Gasteiger partial charge in [-0.05, 0) is 19.1 Å². The minimum absolute atomic E-state index is 0.200. The van der Waals surface area contributed by atoms with E-state index < -0.39 is 0 Å². The molecule has 0 saturated heterocycles. The zero-order valence-electron chi connectivity index (χ0n) is 7.08. The summed E-state index contributed by atoms with van der Waals surface area (Å²) in [4.78, 5) is 14.5. The molecule has 0 aliphatic rings. The maximum absolute atomic E-state index is 10.6. The van der Waals surface area contributed by atoms with Crippen molar-refractivity contribution in [2.24, 2.45) is 0 Å². The Balaban J connectivity index is 2.29. The highest BCUT2D eigenvalue weighted by Crippen LogP contribution is 2.01. The van der Waals surface area contributed by atoms with Gasteiger partial charge in [0.25, 0.3) is 0 Å². The second kappa shape index (κ2) is 4.49. The van der Waals surface area contributed by atoms with Crippen LogP contribution in [0.15, 0.2) is 24.5 Å². The number of nitrogens with zero attached hydrogens (tertiary/aromatic N) is 1. The smallest absolute Gasteiger partial charge is 0.131 e. The fraction of sp³-hybridized carbons (Fsp3) is 0.333. The number of anilines is 1. The van der Waals surface area contributed by atoms with Crippen molar-refractivity contribution in [3.8, 4) is 0 Å². The van der Waals surface area contributed by atoms with Crippen LogP contribution < -0.4 is 5.32 Å². The van der Waals surface area contributed by atoms with E-state index in [1.807, 2.05) is 12.1 Å². The van der Waals surface area contributed by atoms with E-state index in [0.29, 0.717) is 13.0 Å². The number of carbonyl (C=O) groups excluding carboxylic acids is 1. The first-order valence-electron chi connectivity index (χ1n) is 3.92. The first-order valence-corrected chi connectivity index (χ1v) is 3.92. The molecule has 0 aromatic carbocycles. The molecule has 0 saturated carbocycles. The molecule has 0 atom stereocenters. The highest BCUT2D eigenvalue weighted by Gasteiger charge is 1.92. The van der Waals surface area contributed by atoms with E-state index in [4.69, 9.17) is 0 Å². The number of Topliss-reactive ketones (excluding diaryl/α,β-unsaturated/α-hetero) is 1. The van der Waals surface area contributed by atoms with Gasteiger partial charge >= 0.3 is 0 Å². The third kappa shape index (κ3) is 3.14. The van der Waals surface area contributed by atoms with E-state index in [1.54, 1.807) is 19.3 Å². The van der Waals surface area contributed by atoms with Gasteiger partial charge in [-0.2, -0.15) is 0 Å². The third-order valence-electron chi connectivity index (χ3n) is 1.47. The first-order chi connectivity index (χ1) is 5.79. The number of carbonyl (C=O) groups is 1. The van der Waals surface area contributed by atoms with Crippen molar-refractivity contribution >= 4 is 11.5 Å². The van der Waals surface area contributed by atoms with Crippen LogP contribution in [0.3, 0.4) is 0 Å². The summed E-state index contributed by atoms with van der Waals surface area (Å²) in [5.74, 6) is 0.200. The maximum atomic E-state index is 10.6. The van der Waals surface area contributed by atoms with Crippen molar-refractivity contribution in [1.82, 2.24) is 4.98 Å². The Labute approximate surface area is 71.8 Å². The van der Waals surface area contributed by atoms with E-state index in [1.165, 1.54) is 0 Å². The fourth-order valence-electron chi connectivity index (χ4n) is 0.850. The van der Waals surface area contributed by atoms with Gasteiger partial charge in [0.05, 0.1) is 5.69 Å². The first kappa shape index (κ1) is 8.71. The Morgan fingerprint density at radius 1 is 1.67 bits per heavy atom. The summed E-state index contributed by atoms with van der Waals surface area (Å²) >= 11 is 0. The van der Waals surface area contributed by atoms with Crippen molar-refractivity contribution in [3.63, 3.8) is 0 Å². The lowest BCUT2D eigenvalue weighted by Gasteiger charge is -2.02. The van der Waals surface area contributed by atoms with E-state index in [-0.39, 0.29) is 5.78 Å². The van der Waals surface area contributed by atoms with Crippen LogP contribution in [-0.2, 0) is 4.79 Å². The Hall–Kier alpha value is -1.38. The molecule has 1 aromatic heterocycles. The highest BCUT2D eigenvalue weighted by molar-refractivity contribution is 5.75. The van der Waals surface area contributed by atoms with E-state index in [0.717, 1.165) is 5.69 Å². The molecule has 0 aliphatic heterocycles. The predicted molar refractivity (Wildman–Crippen MR) is 48.0 cm³/mol. The predicted octanol–water partition coefficient (Wildman–Crippen LogP) is 1.47. The molecular formula is C9H12N2O. The zero-order chi connectivity index (χ0) is 8.81. The molecule has 1 rings (SSSR count). The van der Waals surface area contributed by atoms with E-state index in [2.05, 4.69) is 10.3 Å². The van der Waals surface area contributed by atoms with Crippen LogP contribution in [0.2, 0.25) is 0 Å². The number of rotatable bonds is 4. The summed E-state index contributed by atoms with van der Waals surface area (Å²) in [5, 5.41) is 3.09. The third-order valence-corrected chi connectivity index (χ3v) is 1.47. The van der Waals surface area contributed by atoms with Crippen LogP contribution in [0.5, 0.6) is 0 Å². The molecule has 64 valence electrons. The van der Waals surface area contributed by atoms with Gasteiger partial charge in [-0.25, -0.2) is 0 Å². The second-order valence-electron chi connectivity index (χ2n) is 2.62. The molecule has 0 spiro atoms. The molecule has 1 N–H and O–H groups in total. The van der Waals surface area contributed by atoms with Gasteiger partial charge in [-0.1, -0.05) is 0 Å². The van der Waals surface area contributed by atoms with Gasteiger partial charge < -0.3 is 5.32 Å². The minimum atomic E-state index is 0.200. The largest absolute Gasteiger partial charge is 0.383 e. The average molecular weight is 164 g/mol. The van der Waals surface area contributed by atoms with Crippen molar-refractivity contribution in [2.75, 3.05) is 11.9 Å². The molecule has 0 unspecified atom stereocenters. The van der Waals surface area contributed by atoms with Gasteiger partial charge in [-0.3, -0.25) is 9.78 Å². The monoisotopic (exact) mass is 164 g/mol. The van der Waals surface area contributed by atoms with Gasteiger partial charge in [0.1, 0.15) is 5.78 Å². The molecule has 0 radical (unpaired) electrons. The molecule has 1 aromatic rings. The van der Waals surface area contributed by atoms with Crippen molar-refractivity contribution < 1.29 is 4.79 Å². The summed E-state index contributed by atoms with van der Waals surface area (Å²) in [6, 6.07) is 3.78. The molecule has 3 nitrogen and oxygen atoms in total. The molecular weight excluding hydrogens is 152 g/mol. The second-order valence-corrected chi connectivity index (χ2v) is 2.62. The molecule has 1 heterocycles. The highest BCUT2D eigenvalue weighted by atomic mass is 16.1. The summed E-state index contributed by atoms with van der Waals surface area (Å²) in [6.45, 7) is 2.27. The van der Waals surface area contributed by atoms with Crippen LogP contribution in [0.1, 0.15) is 13.3 Å². The summed E-state index contributed by atoms with van der Waals surface area (Å²) < 4.78 is 0. The minimum Gasteiger partial charge on any atom is -0.383 e. The molecule has 3 heteroatoms. The Kier molecular flexibility index (Phi) is 3.26. The Morgan fingerprint density at radius 2 is 2.50 bits per heavy atom. The Bertz CT molecular complexity index is 246. The molecule has 0 fully saturated rings. The van der Waals surface area contributed by atoms with Gasteiger partial charge in [0.15, 0.2) is 0 Å². The summed E-state index contributed by atoms with van der Waals surface area (Å²) in [5.41, 5.74) is 0.957. The van der Waals surface area contributed by atoms with Crippen LogP contribution in [-0.4, -0.2) is 17.3 Å². The number of ketones is 1. The lowest BCUT2D eigenvalue weighted by molar-refractivity contribution is -0.116. The quantitative estimate of drug-likeness (QED) is 0.732.